The highest BCUT2D eigenvalue weighted by Gasteiger charge is 2.23. The van der Waals surface area contributed by atoms with Gasteiger partial charge in [0.15, 0.2) is 0 Å². The Morgan fingerprint density at radius 3 is 2.28 bits per heavy atom. The van der Waals surface area contributed by atoms with E-state index in [1.54, 1.807) is 12.1 Å². The van der Waals surface area contributed by atoms with Gasteiger partial charge >= 0.3 is 0 Å². The van der Waals surface area contributed by atoms with Gasteiger partial charge in [-0.05, 0) is 36.0 Å². The molecule has 25 heavy (non-hydrogen) atoms. The first-order valence-electron chi connectivity index (χ1n) is 9.10. The maximum atomic E-state index is 12.1. The van der Waals surface area contributed by atoms with Crippen molar-refractivity contribution in [1.29, 1.82) is 0 Å². The van der Waals surface area contributed by atoms with Gasteiger partial charge < -0.3 is 15.7 Å². The summed E-state index contributed by atoms with van der Waals surface area (Å²) in [5.74, 6) is 0.0969. The van der Waals surface area contributed by atoms with Gasteiger partial charge in [-0.1, -0.05) is 45.7 Å². The monoisotopic (exact) mass is 346 g/mol. The number of aliphatic hydroxyl groups excluding tert-OH is 1. The van der Waals surface area contributed by atoms with Crippen molar-refractivity contribution in [2.75, 3.05) is 6.54 Å². The number of hydrogen-bond donors (Lipinski definition) is 3. The quantitative estimate of drug-likeness (QED) is 0.741. The van der Waals surface area contributed by atoms with E-state index in [4.69, 9.17) is 0 Å². The molecule has 3 N–H and O–H groups in total. The van der Waals surface area contributed by atoms with Gasteiger partial charge in [-0.15, -0.1) is 0 Å². The molecule has 2 amide bonds. The topological polar surface area (TPSA) is 78.4 Å². The Labute approximate surface area is 150 Å². The Morgan fingerprint density at radius 2 is 1.72 bits per heavy atom. The van der Waals surface area contributed by atoms with Gasteiger partial charge in [-0.2, -0.15) is 0 Å². The number of amides is 2. The lowest BCUT2D eigenvalue weighted by Gasteiger charge is -2.25. The van der Waals surface area contributed by atoms with Crippen molar-refractivity contribution in [2.45, 2.75) is 59.1 Å². The summed E-state index contributed by atoms with van der Waals surface area (Å²) in [6.07, 6.45) is 3.68. The molecular weight excluding hydrogens is 316 g/mol. The van der Waals surface area contributed by atoms with Crippen LogP contribution >= 0.6 is 0 Å². The minimum absolute atomic E-state index is 0.135. The molecular formula is C20H30N2O3. The van der Waals surface area contributed by atoms with Crippen LogP contribution in [0.25, 0.3) is 0 Å². The van der Waals surface area contributed by atoms with E-state index >= 15 is 0 Å². The van der Waals surface area contributed by atoms with Crippen LogP contribution in [0.15, 0.2) is 24.3 Å². The van der Waals surface area contributed by atoms with E-state index in [2.05, 4.69) is 10.6 Å². The van der Waals surface area contributed by atoms with Crippen LogP contribution in [0.4, 0.5) is 0 Å². The van der Waals surface area contributed by atoms with Gasteiger partial charge in [-0.25, -0.2) is 0 Å². The molecule has 1 unspecified atom stereocenters. The molecule has 1 aliphatic rings. The molecule has 1 fully saturated rings. The molecule has 0 bridgehead atoms. The van der Waals surface area contributed by atoms with Crippen LogP contribution in [0.3, 0.4) is 0 Å². The van der Waals surface area contributed by atoms with Crippen LogP contribution in [0.2, 0.25) is 0 Å². The number of nitrogens with one attached hydrogen (secondary N) is 2. The van der Waals surface area contributed by atoms with Crippen molar-refractivity contribution in [2.24, 2.45) is 11.3 Å². The van der Waals surface area contributed by atoms with Crippen molar-refractivity contribution in [3.63, 3.8) is 0 Å². The Hall–Kier alpha value is -1.88. The summed E-state index contributed by atoms with van der Waals surface area (Å²) in [4.78, 5) is 24.2. The number of aliphatic hydroxyl groups is 1. The lowest BCUT2D eigenvalue weighted by atomic mass is 9.89. The van der Waals surface area contributed by atoms with E-state index in [1.165, 1.54) is 0 Å². The highest BCUT2D eigenvalue weighted by atomic mass is 16.3. The molecule has 138 valence electrons. The fourth-order valence-corrected chi connectivity index (χ4v) is 2.89. The minimum Gasteiger partial charge on any atom is -0.391 e. The second kappa shape index (κ2) is 8.48. The molecule has 1 saturated carbocycles. The Kier molecular flexibility index (Phi) is 6.59. The molecule has 0 aliphatic heterocycles. The zero-order chi connectivity index (χ0) is 18.4. The molecule has 2 rings (SSSR count). The van der Waals surface area contributed by atoms with Crippen molar-refractivity contribution in [3.8, 4) is 0 Å². The summed E-state index contributed by atoms with van der Waals surface area (Å²) in [6, 6.07) is 7.19. The fraction of sp³-hybridized carbons (Fsp3) is 0.600. The smallest absolute Gasteiger partial charge is 0.251 e. The third-order valence-corrected chi connectivity index (χ3v) is 4.86. The van der Waals surface area contributed by atoms with E-state index in [1.807, 2.05) is 32.9 Å². The molecule has 1 aliphatic carbocycles. The van der Waals surface area contributed by atoms with Gasteiger partial charge in [0.2, 0.25) is 5.91 Å². The zero-order valence-corrected chi connectivity index (χ0v) is 15.5. The first kappa shape index (κ1) is 19.4. The average Bonchev–Trinajstić information content (AvgIpc) is 3.11. The van der Waals surface area contributed by atoms with Gasteiger partial charge in [0.05, 0.1) is 6.10 Å². The third-order valence-electron chi connectivity index (χ3n) is 4.86. The minimum atomic E-state index is -0.596. The molecule has 0 aromatic heterocycles. The van der Waals surface area contributed by atoms with E-state index in [9.17, 15) is 14.7 Å². The van der Waals surface area contributed by atoms with Gasteiger partial charge in [0.25, 0.3) is 5.91 Å². The van der Waals surface area contributed by atoms with Gasteiger partial charge in [0.1, 0.15) is 0 Å². The van der Waals surface area contributed by atoms with Crippen molar-refractivity contribution < 1.29 is 14.7 Å². The van der Waals surface area contributed by atoms with E-state index in [0.29, 0.717) is 12.1 Å². The number of rotatable bonds is 6. The van der Waals surface area contributed by atoms with Crippen LogP contribution in [0.5, 0.6) is 0 Å². The SMILES string of the molecule is CC(C)(C)C(O)CNC(=O)c1ccc(CNC(=O)C2CCCC2)cc1. The Balaban J connectivity index is 1.80. The largest absolute Gasteiger partial charge is 0.391 e. The van der Waals surface area contributed by atoms with Crippen LogP contribution < -0.4 is 10.6 Å². The molecule has 0 heterocycles. The number of benzene rings is 1. The molecule has 5 heteroatoms. The predicted molar refractivity (Wildman–Crippen MR) is 98.0 cm³/mol. The highest BCUT2D eigenvalue weighted by molar-refractivity contribution is 5.94. The van der Waals surface area contributed by atoms with Crippen molar-refractivity contribution in [1.82, 2.24) is 10.6 Å². The molecule has 0 saturated heterocycles. The molecule has 1 aromatic carbocycles. The Bertz CT molecular complexity index is 584. The summed E-state index contributed by atoms with van der Waals surface area (Å²) in [5, 5.41) is 15.7. The lowest BCUT2D eigenvalue weighted by molar-refractivity contribution is -0.124. The predicted octanol–water partition coefficient (Wildman–Crippen LogP) is 2.63. The maximum absolute atomic E-state index is 12.1. The molecule has 0 radical (unpaired) electrons. The van der Waals surface area contributed by atoms with Crippen LogP contribution in [0, 0.1) is 11.3 Å². The standard InChI is InChI=1S/C20H30N2O3/c1-20(2,3)17(23)13-22-19(25)16-10-8-14(9-11-16)12-21-18(24)15-6-4-5-7-15/h8-11,15,17,23H,4-7,12-13H2,1-3H3,(H,21,24)(H,22,25). The average molecular weight is 346 g/mol. The summed E-state index contributed by atoms with van der Waals surface area (Å²) in [7, 11) is 0. The molecule has 1 atom stereocenters. The number of carbonyl (C=O) groups excluding carboxylic acids is 2. The van der Waals surface area contributed by atoms with Crippen LogP contribution in [-0.4, -0.2) is 29.6 Å². The van der Waals surface area contributed by atoms with Gasteiger partial charge in [0, 0.05) is 24.6 Å². The van der Waals surface area contributed by atoms with E-state index in [0.717, 1.165) is 31.2 Å². The molecule has 0 spiro atoms. The fourth-order valence-electron chi connectivity index (χ4n) is 2.89. The van der Waals surface area contributed by atoms with Gasteiger partial charge in [-0.3, -0.25) is 9.59 Å². The van der Waals surface area contributed by atoms with Crippen LogP contribution in [-0.2, 0) is 11.3 Å². The van der Waals surface area contributed by atoms with Crippen molar-refractivity contribution in [3.05, 3.63) is 35.4 Å². The molecule has 1 aromatic rings. The summed E-state index contributed by atoms with van der Waals surface area (Å²) in [5.41, 5.74) is 1.25. The Morgan fingerprint density at radius 1 is 1.12 bits per heavy atom. The second-order valence-electron chi connectivity index (χ2n) is 7.99. The zero-order valence-electron chi connectivity index (χ0n) is 15.5. The van der Waals surface area contributed by atoms with E-state index < -0.39 is 6.10 Å². The third kappa shape index (κ3) is 5.85. The van der Waals surface area contributed by atoms with Crippen LogP contribution in [0.1, 0.15) is 62.4 Å². The summed E-state index contributed by atoms with van der Waals surface area (Å²) < 4.78 is 0. The first-order valence-corrected chi connectivity index (χ1v) is 9.10. The highest BCUT2D eigenvalue weighted by Crippen LogP contribution is 2.24. The summed E-state index contributed by atoms with van der Waals surface area (Å²) >= 11 is 0. The summed E-state index contributed by atoms with van der Waals surface area (Å²) in [6.45, 7) is 6.50. The maximum Gasteiger partial charge on any atom is 0.251 e. The number of carbonyl (C=O) groups is 2. The first-order chi connectivity index (χ1) is 11.8. The number of hydrogen-bond acceptors (Lipinski definition) is 3. The normalized spacial score (nSPS) is 16.5. The molecule has 5 nitrogen and oxygen atoms in total. The second-order valence-corrected chi connectivity index (χ2v) is 7.99. The lowest BCUT2D eigenvalue weighted by Crippen LogP contribution is -2.39. The van der Waals surface area contributed by atoms with Crippen molar-refractivity contribution >= 4 is 11.8 Å². The van der Waals surface area contributed by atoms with E-state index in [-0.39, 0.29) is 29.7 Å².